The van der Waals surface area contributed by atoms with Gasteiger partial charge in [0.15, 0.2) is 5.82 Å². The molecule has 0 aliphatic rings. The Bertz CT molecular complexity index is 764. The van der Waals surface area contributed by atoms with Crippen LogP contribution >= 0.6 is 27.3 Å². The van der Waals surface area contributed by atoms with Gasteiger partial charge in [-0.2, -0.15) is 5.26 Å². The van der Waals surface area contributed by atoms with Gasteiger partial charge in [-0.05, 0) is 34.1 Å². The van der Waals surface area contributed by atoms with Crippen molar-refractivity contribution in [3.8, 4) is 6.07 Å². The summed E-state index contributed by atoms with van der Waals surface area (Å²) in [5.74, 6) is 0.140. The van der Waals surface area contributed by atoms with E-state index in [0.29, 0.717) is 15.0 Å². The van der Waals surface area contributed by atoms with Crippen molar-refractivity contribution >= 4 is 48.8 Å². The number of sulfonamides is 1. The van der Waals surface area contributed by atoms with Gasteiger partial charge >= 0.3 is 0 Å². The number of nitriles is 1. The number of rotatable bonds is 3. The highest BCUT2D eigenvalue weighted by Crippen LogP contribution is 2.27. The summed E-state index contributed by atoms with van der Waals surface area (Å²) in [4.78, 5) is 4.22. The van der Waals surface area contributed by atoms with Gasteiger partial charge in [0, 0.05) is 0 Å². The first-order valence-corrected chi connectivity index (χ1v) is 7.95. The number of nitrogens with two attached hydrogens (primary N) is 1. The molecule has 0 atom stereocenters. The summed E-state index contributed by atoms with van der Waals surface area (Å²) in [7, 11) is -3.75. The first-order chi connectivity index (χ1) is 8.92. The summed E-state index contributed by atoms with van der Waals surface area (Å²) in [5, 5.41) is 8.69. The first-order valence-electron chi connectivity index (χ1n) is 4.86. The van der Waals surface area contributed by atoms with E-state index in [1.165, 1.54) is 18.3 Å². The lowest BCUT2D eigenvalue weighted by atomic mass is 10.4. The number of anilines is 2. The second-order valence-corrected chi connectivity index (χ2v) is 7.28. The molecule has 2 heterocycles. The SMILES string of the molecule is N#Cc1ccc(S(=O)(=O)Nc2ncc(N)cc2Br)s1. The van der Waals surface area contributed by atoms with Gasteiger partial charge in [-0.1, -0.05) is 0 Å². The van der Waals surface area contributed by atoms with Crippen LogP contribution in [0.25, 0.3) is 0 Å². The standard InChI is InChI=1S/C10H7BrN4O2S2/c11-8-3-6(13)5-14-10(8)15-19(16,17)9-2-1-7(4-12)18-9/h1-3,5H,13H2,(H,14,15). The van der Waals surface area contributed by atoms with E-state index in [9.17, 15) is 8.42 Å². The molecule has 0 saturated carbocycles. The average Bonchev–Trinajstić information content (AvgIpc) is 2.82. The number of nitrogens with zero attached hydrogens (tertiary/aromatic N) is 2. The average molecular weight is 359 g/mol. The predicted octanol–water partition coefficient (Wildman–Crippen LogP) is 2.16. The molecule has 0 fully saturated rings. The molecule has 0 unspecified atom stereocenters. The maximum absolute atomic E-state index is 12.1. The van der Waals surface area contributed by atoms with Crippen molar-refractivity contribution in [1.82, 2.24) is 4.98 Å². The lowest BCUT2D eigenvalue weighted by molar-refractivity contribution is 0.603. The monoisotopic (exact) mass is 358 g/mol. The summed E-state index contributed by atoms with van der Waals surface area (Å²) >= 11 is 4.06. The number of nitrogen functional groups attached to an aromatic ring is 1. The van der Waals surface area contributed by atoms with Crippen LogP contribution in [0.3, 0.4) is 0 Å². The van der Waals surface area contributed by atoms with Gasteiger partial charge in [-0.25, -0.2) is 13.4 Å². The topological polar surface area (TPSA) is 109 Å². The Labute approximate surface area is 122 Å². The second kappa shape index (κ2) is 5.16. The molecule has 6 nitrogen and oxygen atoms in total. The van der Waals surface area contributed by atoms with E-state index in [2.05, 4.69) is 25.6 Å². The molecule has 19 heavy (non-hydrogen) atoms. The van der Waals surface area contributed by atoms with Crippen LogP contribution in [0.4, 0.5) is 11.5 Å². The van der Waals surface area contributed by atoms with Crippen molar-refractivity contribution in [3.63, 3.8) is 0 Å². The highest BCUT2D eigenvalue weighted by atomic mass is 79.9. The van der Waals surface area contributed by atoms with Gasteiger partial charge < -0.3 is 5.73 Å². The summed E-state index contributed by atoms with van der Waals surface area (Å²) in [6.45, 7) is 0. The van der Waals surface area contributed by atoms with Gasteiger partial charge in [0.1, 0.15) is 15.2 Å². The predicted molar refractivity (Wildman–Crippen MR) is 76.2 cm³/mol. The quantitative estimate of drug-likeness (QED) is 0.873. The Kier molecular flexibility index (Phi) is 3.75. The largest absolute Gasteiger partial charge is 0.397 e. The fourth-order valence-corrected chi connectivity index (χ4v) is 3.96. The van der Waals surface area contributed by atoms with Crippen LogP contribution in [-0.4, -0.2) is 13.4 Å². The highest BCUT2D eigenvalue weighted by Gasteiger charge is 2.19. The molecule has 0 radical (unpaired) electrons. The number of aromatic nitrogens is 1. The third-order valence-corrected chi connectivity index (χ3v) is 5.47. The molecule has 0 aliphatic heterocycles. The van der Waals surface area contributed by atoms with Gasteiger partial charge in [-0.3, -0.25) is 4.72 Å². The fourth-order valence-electron chi connectivity index (χ4n) is 1.23. The molecule has 3 N–H and O–H groups in total. The van der Waals surface area contributed by atoms with Crippen LogP contribution in [0.1, 0.15) is 4.88 Å². The third-order valence-electron chi connectivity index (χ3n) is 2.05. The summed E-state index contributed by atoms with van der Waals surface area (Å²) in [6, 6.07) is 6.25. The van der Waals surface area contributed by atoms with Gasteiger partial charge in [-0.15, -0.1) is 11.3 Å². The molecule has 0 aromatic carbocycles. The molecular weight excluding hydrogens is 352 g/mol. The van der Waals surface area contributed by atoms with Crippen molar-refractivity contribution in [1.29, 1.82) is 5.26 Å². The lowest BCUT2D eigenvalue weighted by Gasteiger charge is -2.07. The molecule has 98 valence electrons. The zero-order chi connectivity index (χ0) is 14.0. The van der Waals surface area contributed by atoms with Gasteiger partial charge in [0.25, 0.3) is 10.0 Å². The first kappa shape index (κ1) is 13.8. The van der Waals surface area contributed by atoms with Crippen LogP contribution in [-0.2, 0) is 10.0 Å². The van der Waals surface area contributed by atoms with E-state index in [1.807, 2.05) is 6.07 Å². The maximum atomic E-state index is 12.1. The Morgan fingerprint density at radius 2 is 2.21 bits per heavy atom. The highest BCUT2D eigenvalue weighted by molar-refractivity contribution is 9.10. The Morgan fingerprint density at radius 1 is 1.47 bits per heavy atom. The number of halogens is 1. The molecule has 0 bridgehead atoms. The minimum absolute atomic E-state index is 0.0505. The number of hydrogen-bond acceptors (Lipinski definition) is 6. The van der Waals surface area contributed by atoms with Crippen LogP contribution in [0.2, 0.25) is 0 Å². The van der Waals surface area contributed by atoms with Crippen LogP contribution < -0.4 is 10.5 Å². The zero-order valence-electron chi connectivity index (χ0n) is 9.29. The summed E-state index contributed by atoms with van der Waals surface area (Å²) in [5.41, 5.74) is 5.93. The smallest absolute Gasteiger partial charge is 0.272 e. The van der Waals surface area contributed by atoms with E-state index >= 15 is 0 Å². The van der Waals surface area contributed by atoms with Crippen molar-refractivity contribution in [2.75, 3.05) is 10.5 Å². The molecule has 2 rings (SSSR count). The lowest BCUT2D eigenvalue weighted by Crippen LogP contribution is -2.13. The number of nitrogens with one attached hydrogen (secondary N) is 1. The molecule has 0 amide bonds. The number of hydrogen-bond donors (Lipinski definition) is 2. The van der Waals surface area contributed by atoms with Crippen molar-refractivity contribution in [2.45, 2.75) is 4.21 Å². The maximum Gasteiger partial charge on any atom is 0.272 e. The third kappa shape index (κ3) is 3.04. The molecule has 2 aromatic rings. The summed E-state index contributed by atoms with van der Waals surface area (Å²) in [6.07, 6.45) is 1.34. The van der Waals surface area contributed by atoms with Crippen LogP contribution in [0, 0.1) is 11.3 Å². The Morgan fingerprint density at radius 3 is 2.79 bits per heavy atom. The van der Waals surface area contributed by atoms with E-state index in [4.69, 9.17) is 11.0 Å². The van der Waals surface area contributed by atoms with Crippen LogP contribution in [0.5, 0.6) is 0 Å². The van der Waals surface area contributed by atoms with Crippen molar-refractivity contribution in [3.05, 3.63) is 33.7 Å². The Hall–Kier alpha value is -1.63. The second-order valence-electron chi connectivity index (χ2n) is 3.44. The van der Waals surface area contributed by atoms with Crippen LogP contribution in [0.15, 0.2) is 33.1 Å². The van der Waals surface area contributed by atoms with E-state index < -0.39 is 10.0 Å². The molecule has 0 spiro atoms. The van der Waals surface area contributed by atoms with E-state index in [-0.39, 0.29) is 10.0 Å². The molecular formula is C10H7BrN4O2S2. The zero-order valence-corrected chi connectivity index (χ0v) is 12.5. The Balaban J connectivity index is 2.34. The molecule has 0 aliphatic carbocycles. The van der Waals surface area contributed by atoms with Crippen molar-refractivity contribution < 1.29 is 8.42 Å². The number of thiophene rings is 1. The van der Waals surface area contributed by atoms with Gasteiger partial charge in [0.2, 0.25) is 0 Å². The van der Waals surface area contributed by atoms with Crippen molar-refractivity contribution in [2.24, 2.45) is 0 Å². The normalized spacial score (nSPS) is 10.9. The fraction of sp³-hybridized carbons (Fsp3) is 0. The molecule has 9 heteroatoms. The van der Waals surface area contributed by atoms with Gasteiger partial charge in [0.05, 0.1) is 16.4 Å². The minimum Gasteiger partial charge on any atom is -0.397 e. The minimum atomic E-state index is -3.75. The number of pyridine rings is 1. The summed E-state index contributed by atoms with van der Waals surface area (Å²) < 4.78 is 26.9. The van der Waals surface area contributed by atoms with E-state index in [1.54, 1.807) is 6.07 Å². The molecule has 0 saturated heterocycles. The molecule has 2 aromatic heterocycles. The van der Waals surface area contributed by atoms with E-state index in [0.717, 1.165) is 11.3 Å².